The van der Waals surface area contributed by atoms with Crippen molar-refractivity contribution in [3.63, 3.8) is 0 Å². The number of benzene rings is 2. The molecule has 3 rings (SSSR count). The lowest BCUT2D eigenvalue weighted by Gasteiger charge is -2.11. The van der Waals surface area contributed by atoms with Gasteiger partial charge in [0.15, 0.2) is 0 Å². The largest absolute Gasteiger partial charge is 0.328 e. The Morgan fingerprint density at radius 2 is 1.67 bits per heavy atom. The van der Waals surface area contributed by atoms with Crippen molar-refractivity contribution in [3.05, 3.63) is 57.5 Å². The van der Waals surface area contributed by atoms with E-state index >= 15 is 0 Å². The minimum atomic E-state index is -3.75. The molecule has 1 N–H and O–H groups in total. The summed E-state index contributed by atoms with van der Waals surface area (Å²) in [4.78, 5) is 12.1. The van der Waals surface area contributed by atoms with E-state index in [1.165, 1.54) is 21.3 Å². The van der Waals surface area contributed by atoms with Gasteiger partial charge in [0.05, 0.1) is 21.6 Å². The molecule has 2 aromatic carbocycles. The van der Waals surface area contributed by atoms with E-state index in [1.54, 1.807) is 45.3 Å². The number of anilines is 1. The molecule has 0 atom stereocenters. The molecule has 0 aliphatic heterocycles. The van der Waals surface area contributed by atoms with E-state index in [9.17, 15) is 13.2 Å². The van der Waals surface area contributed by atoms with Crippen molar-refractivity contribution in [1.82, 2.24) is 9.13 Å². The van der Waals surface area contributed by atoms with E-state index in [4.69, 9.17) is 11.6 Å². The summed E-state index contributed by atoms with van der Waals surface area (Å²) in [5.74, 6) is 0. The molecule has 126 valence electrons. The first kappa shape index (κ1) is 16.6. The number of nitrogens with zero attached hydrogens (tertiary/aromatic N) is 2. The molecule has 0 amide bonds. The minimum Gasteiger partial charge on any atom is -0.295 e. The van der Waals surface area contributed by atoms with Crippen molar-refractivity contribution in [2.45, 2.75) is 11.8 Å². The molecule has 0 aliphatic rings. The maximum Gasteiger partial charge on any atom is 0.328 e. The van der Waals surface area contributed by atoms with E-state index in [0.29, 0.717) is 21.8 Å². The summed E-state index contributed by atoms with van der Waals surface area (Å²) >= 11 is 5.88. The molecule has 0 unspecified atom stereocenters. The van der Waals surface area contributed by atoms with Gasteiger partial charge < -0.3 is 0 Å². The van der Waals surface area contributed by atoms with Crippen LogP contribution in [0.2, 0.25) is 5.02 Å². The van der Waals surface area contributed by atoms with Crippen LogP contribution in [0, 0.1) is 6.92 Å². The van der Waals surface area contributed by atoms with Crippen LogP contribution in [0.1, 0.15) is 5.56 Å². The van der Waals surface area contributed by atoms with Crippen LogP contribution >= 0.6 is 11.6 Å². The van der Waals surface area contributed by atoms with Crippen LogP contribution in [0.3, 0.4) is 0 Å². The predicted molar refractivity (Wildman–Crippen MR) is 95.2 cm³/mol. The SMILES string of the molecule is Cc1cc(Cl)ccc1S(=O)(=O)Nc1ccc2c(c1)n(C)c(=O)n2C. The summed E-state index contributed by atoms with van der Waals surface area (Å²) in [6, 6.07) is 9.58. The number of imidazole rings is 1. The number of hydrogen-bond acceptors (Lipinski definition) is 3. The first-order chi connectivity index (χ1) is 11.2. The van der Waals surface area contributed by atoms with Crippen molar-refractivity contribution in [1.29, 1.82) is 0 Å². The van der Waals surface area contributed by atoms with E-state index in [-0.39, 0.29) is 10.6 Å². The van der Waals surface area contributed by atoms with Crippen LogP contribution in [-0.2, 0) is 24.1 Å². The van der Waals surface area contributed by atoms with Crippen molar-refractivity contribution >= 4 is 38.3 Å². The highest BCUT2D eigenvalue weighted by Gasteiger charge is 2.18. The smallest absolute Gasteiger partial charge is 0.295 e. The molecule has 0 bridgehead atoms. The quantitative estimate of drug-likeness (QED) is 0.775. The van der Waals surface area contributed by atoms with E-state index in [1.807, 2.05) is 0 Å². The molecule has 0 aliphatic carbocycles. The van der Waals surface area contributed by atoms with Gasteiger partial charge in [0.25, 0.3) is 10.0 Å². The highest BCUT2D eigenvalue weighted by molar-refractivity contribution is 7.92. The monoisotopic (exact) mass is 365 g/mol. The number of rotatable bonds is 3. The summed E-state index contributed by atoms with van der Waals surface area (Å²) in [6.45, 7) is 1.69. The van der Waals surface area contributed by atoms with Gasteiger partial charge in [0, 0.05) is 19.1 Å². The van der Waals surface area contributed by atoms with Crippen LogP contribution in [0.4, 0.5) is 5.69 Å². The van der Waals surface area contributed by atoms with Gasteiger partial charge in [-0.3, -0.25) is 13.9 Å². The fraction of sp³-hybridized carbons (Fsp3) is 0.188. The standard InChI is InChI=1S/C16H16ClN3O3S/c1-10-8-11(17)4-7-15(10)24(22,23)18-12-5-6-13-14(9-12)20(3)16(21)19(13)2/h4-9,18H,1-3H3. The maximum atomic E-state index is 12.6. The van der Waals surface area contributed by atoms with Gasteiger partial charge in [0.1, 0.15) is 0 Å². The summed E-state index contributed by atoms with van der Waals surface area (Å²) in [7, 11) is -0.431. The van der Waals surface area contributed by atoms with E-state index in [0.717, 1.165) is 5.52 Å². The number of nitrogens with one attached hydrogen (secondary N) is 1. The number of sulfonamides is 1. The zero-order chi connectivity index (χ0) is 17.6. The van der Waals surface area contributed by atoms with Gasteiger partial charge in [-0.2, -0.15) is 0 Å². The minimum absolute atomic E-state index is 0.161. The topological polar surface area (TPSA) is 73.1 Å². The molecule has 24 heavy (non-hydrogen) atoms. The molecule has 0 fully saturated rings. The average Bonchev–Trinajstić information content (AvgIpc) is 2.71. The van der Waals surface area contributed by atoms with E-state index < -0.39 is 10.0 Å². The van der Waals surface area contributed by atoms with Gasteiger partial charge >= 0.3 is 5.69 Å². The lowest BCUT2D eigenvalue weighted by Crippen LogP contribution is -2.19. The zero-order valence-corrected chi connectivity index (χ0v) is 14.9. The summed E-state index contributed by atoms with van der Waals surface area (Å²) in [5, 5.41) is 0.479. The maximum absolute atomic E-state index is 12.6. The normalized spacial score (nSPS) is 11.8. The predicted octanol–water partition coefficient (Wildman–Crippen LogP) is 2.64. The van der Waals surface area contributed by atoms with Gasteiger partial charge in [-0.05, 0) is 48.9 Å². The number of aromatic nitrogens is 2. The Hall–Kier alpha value is -2.25. The average molecular weight is 366 g/mol. The Bertz CT molecular complexity index is 1110. The molecule has 0 spiro atoms. The van der Waals surface area contributed by atoms with Crippen LogP contribution in [0.15, 0.2) is 46.1 Å². The molecule has 1 heterocycles. The molecular formula is C16H16ClN3O3S. The number of fused-ring (bicyclic) bond motifs is 1. The molecular weight excluding hydrogens is 350 g/mol. The number of aryl methyl sites for hydroxylation is 3. The third kappa shape index (κ3) is 2.70. The fourth-order valence-corrected chi connectivity index (χ4v) is 4.20. The molecule has 0 saturated heterocycles. The molecule has 3 aromatic rings. The molecule has 6 nitrogen and oxygen atoms in total. The van der Waals surface area contributed by atoms with Gasteiger partial charge in [-0.25, -0.2) is 13.2 Å². The molecule has 1 aromatic heterocycles. The molecule has 0 saturated carbocycles. The highest BCUT2D eigenvalue weighted by atomic mass is 35.5. The van der Waals surface area contributed by atoms with Crippen molar-refractivity contribution in [2.24, 2.45) is 14.1 Å². The summed E-state index contributed by atoms with van der Waals surface area (Å²) < 4.78 is 30.7. The Kier molecular flexibility index (Phi) is 3.93. The fourth-order valence-electron chi connectivity index (χ4n) is 2.69. The molecule has 0 radical (unpaired) electrons. The van der Waals surface area contributed by atoms with Crippen molar-refractivity contribution in [3.8, 4) is 0 Å². The third-order valence-electron chi connectivity index (χ3n) is 3.95. The van der Waals surface area contributed by atoms with E-state index in [2.05, 4.69) is 4.72 Å². The van der Waals surface area contributed by atoms with Crippen LogP contribution in [0.5, 0.6) is 0 Å². The van der Waals surface area contributed by atoms with Gasteiger partial charge in [-0.15, -0.1) is 0 Å². The Balaban J connectivity index is 2.05. The molecule has 8 heteroatoms. The van der Waals surface area contributed by atoms with Crippen LogP contribution in [-0.4, -0.2) is 17.6 Å². The zero-order valence-electron chi connectivity index (χ0n) is 13.4. The Labute approximate surface area is 144 Å². The Morgan fingerprint density at radius 1 is 1.00 bits per heavy atom. The second-order valence-electron chi connectivity index (χ2n) is 5.62. The lowest BCUT2D eigenvalue weighted by molar-refractivity contribution is 0.600. The lowest BCUT2D eigenvalue weighted by atomic mass is 10.2. The van der Waals surface area contributed by atoms with Crippen molar-refractivity contribution < 1.29 is 8.42 Å². The van der Waals surface area contributed by atoms with Crippen LogP contribution in [0.25, 0.3) is 11.0 Å². The third-order valence-corrected chi connectivity index (χ3v) is 5.73. The van der Waals surface area contributed by atoms with Crippen molar-refractivity contribution in [2.75, 3.05) is 4.72 Å². The second-order valence-corrected chi connectivity index (χ2v) is 7.71. The van der Waals surface area contributed by atoms with Gasteiger partial charge in [0.2, 0.25) is 0 Å². The van der Waals surface area contributed by atoms with Gasteiger partial charge in [-0.1, -0.05) is 11.6 Å². The number of halogens is 1. The first-order valence-corrected chi connectivity index (χ1v) is 9.01. The number of hydrogen-bond donors (Lipinski definition) is 1. The highest BCUT2D eigenvalue weighted by Crippen LogP contribution is 2.24. The first-order valence-electron chi connectivity index (χ1n) is 7.15. The Morgan fingerprint density at radius 3 is 2.33 bits per heavy atom. The second kappa shape index (κ2) is 5.68. The summed E-state index contributed by atoms with van der Waals surface area (Å²) in [6.07, 6.45) is 0. The van der Waals surface area contributed by atoms with Crippen LogP contribution < -0.4 is 10.4 Å². The summed E-state index contributed by atoms with van der Waals surface area (Å²) in [5.41, 5.74) is 2.16.